The van der Waals surface area contributed by atoms with Gasteiger partial charge in [0.15, 0.2) is 0 Å². The maximum Gasteiger partial charge on any atom is 0.328 e. The van der Waals surface area contributed by atoms with Crippen LogP contribution in [-0.4, -0.2) is 29.6 Å². The summed E-state index contributed by atoms with van der Waals surface area (Å²) in [5.41, 5.74) is 2.51. The van der Waals surface area contributed by atoms with Crippen LogP contribution in [0.25, 0.3) is 16.9 Å². The number of benzene rings is 1. The molecule has 3 aromatic heterocycles. The van der Waals surface area contributed by atoms with Crippen LogP contribution >= 0.6 is 0 Å². The van der Waals surface area contributed by atoms with Crippen molar-refractivity contribution in [3.63, 3.8) is 0 Å². The topological polar surface area (TPSA) is 86.7 Å². The second-order valence-corrected chi connectivity index (χ2v) is 6.50. The molecule has 0 aliphatic rings. The summed E-state index contributed by atoms with van der Waals surface area (Å²) in [6.07, 6.45) is 7.10. The number of pyridine rings is 1. The summed E-state index contributed by atoms with van der Waals surface area (Å²) in [6.45, 7) is 0.732. The van der Waals surface area contributed by atoms with Gasteiger partial charge in [0.2, 0.25) is 5.91 Å². The molecule has 4 rings (SSSR count). The third kappa shape index (κ3) is 3.44. The second-order valence-electron chi connectivity index (χ2n) is 6.50. The molecule has 0 aliphatic heterocycles. The van der Waals surface area contributed by atoms with Crippen molar-refractivity contribution in [1.29, 1.82) is 0 Å². The fourth-order valence-electron chi connectivity index (χ4n) is 3.19. The first kappa shape index (κ1) is 17.7. The molecular formula is C20H20N6O2. The van der Waals surface area contributed by atoms with E-state index in [2.05, 4.69) is 15.3 Å². The number of hydrogen-bond acceptors (Lipinski definition) is 4. The number of amides is 1. The molecule has 8 nitrogen and oxygen atoms in total. The molecule has 0 radical (unpaired) electrons. The summed E-state index contributed by atoms with van der Waals surface area (Å²) >= 11 is 0. The average molecular weight is 376 g/mol. The number of nitrogens with one attached hydrogen (secondary N) is 1. The van der Waals surface area contributed by atoms with E-state index in [-0.39, 0.29) is 18.0 Å². The molecule has 28 heavy (non-hydrogen) atoms. The molecule has 142 valence electrons. The predicted molar refractivity (Wildman–Crippen MR) is 105 cm³/mol. The van der Waals surface area contributed by atoms with Crippen LogP contribution in [-0.2, 0) is 24.9 Å². The van der Waals surface area contributed by atoms with E-state index in [1.807, 2.05) is 42.6 Å². The Kier molecular flexibility index (Phi) is 4.76. The Hall–Kier alpha value is -3.68. The van der Waals surface area contributed by atoms with Crippen molar-refractivity contribution >= 4 is 16.9 Å². The minimum atomic E-state index is -0.117. The van der Waals surface area contributed by atoms with Crippen molar-refractivity contribution < 1.29 is 4.79 Å². The number of imidazole rings is 2. The Balaban J connectivity index is 1.39. The van der Waals surface area contributed by atoms with Crippen molar-refractivity contribution in [1.82, 2.24) is 29.0 Å². The number of carbonyl (C=O) groups is 1. The molecule has 8 heteroatoms. The number of hydrogen-bond donors (Lipinski definition) is 1. The van der Waals surface area contributed by atoms with Gasteiger partial charge in [-0.15, -0.1) is 0 Å². The highest BCUT2D eigenvalue weighted by Crippen LogP contribution is 2.12. The van der Waals surface area contributed by atoms with Crippen LogP contribution in [0, 0.1) is 0 Å². The quantitative estimate of drug-likeness (QED) is 0.554. The molecule has 0 saturated carbocycles. The molecule has 4 aromatic rings. The molecule has 0 unspecified atom stereocenters. The van der Waals surface area contributed by atoms with Gasteiger partial charge in [0.05, 0.1) is 11.0 Å². The van der Waals surface area contributed by atoms with Crippen LogP contribution in [0.5, 0.6) is 0 Å². The normalized spacial score (nSPS) is 11.0. The number of rotatable bonds is 6. The van der Waals surface area contributed by atoms with Gasteiger partial charge in [0.1, 0.15) is 12.1 Å². The standard InChI is InChI=1S/C20H20N6O2/c1-24-16-4-2-3-5-17(16)26(20(24)28)10-7-19(27)23-13-15-6-8-22-18(12-15)25-11-9-21-14-25/h2-6,8-9,11-12,14H,7,10,13H2,1H3,(H,23,27). The highest BCUT2D eigenvalue weighted by molar-refractivity contribution is 5.77. The molecule has 0 aliphatic carbocycles. The maximum atomic E-state index is 12.4. The molecule has 0 atom stereocenters. The van der Waals surface area contributed by atoms with Gasteiger partial charge in [-0.25, -0.2) is 14.8 Å². The lowest BCUT2D eigenvalue weighted by atomic mass is 10.2. The SMILES string of the molecule is Cn1c(=O)n(CCC(=O)NCc2ccnc(-n3ccnc3)c2)c2ccccc21. The van der Waals surface area contributed by atoms with Gasteiger partial charge in [-0.05, 0) is 29.8 Å². The largest absolute Gasteiger partial charge is 0.352 e. The van der Waals surface area contributed by atoms with E-state index >= 15 is 0 Å². The number of nitrogens with zero attached hydrogens (tertiary/aromatic N) is 5. The molecule has 0 fully saturated rings. The molecule has 1 aromatic carbocycles. The van der Waals surface area contributed by atoms with Gasteiger partial charge < -0.3 is 5.32 Å². The monoisotopic (exact) mass is 376 g/mol. The molecule has 0 spiro atoms. The van der Waals surface area contributed by atoms with Crippen LogP contribution < -0.4 is 11.0 Å². The highest BCUT2D eigenvalue weighted by Gasteiger charge is 2.11. The van der Waals surface area contributed by atoms with Gasteiger partial charge in [-0.3, -0.25) is 18.5 Å². The third-order valence-corrected chi connectivity index (χ3v) is 4.68. The van der Waals surface area contributed by atoms with Crippen LogP contribution in [0.4, 0.5) is 0 Å². The lowest BCUT2D eigenvalue weighted by Crippen LogP contribution is -2.27. The molecule has 3 heterocycles. The number of aromatic nitrogens is 5. The van der Waals surface area contributed by atoms with E-state index < -0.39 is 0 Å². The van der Waals surface area contributed by atoms with Crippen molar-refractivity contribution in [2.75, 3.05) is 0 Å². The first-order chi connectivity index (χ1) is 13.6. The number of para-hydroxylation sites is 2. The second kappa shape index (κ2) is 7.51. The zero-order valence-corrected chi connectivity index (χ0v) is 15.4. The van der Waals surface area contributed by atoms with Crippen molar-refractivity contribution in [2.24, 2.45) is 7.05 Å². The Morgan fingerprint density at radius 3 is 2.75 bits per heavy atom. The Morgan fingerprint density at radius 1 is 1.14 bits per heavy atom. The van der Waals surface area contributed by atoms with Gasteiger partial charge in [-0.1, -0.05) is 12.1 Å². The van der Waals surface area contributed by atoms with E-state index in [1.165, 1.54) is 0 Å². The van der Waals surface area contributed by atoms with E-state index in [1.54, 1.807) is 39.5 Å². The summed E-state index contributed by atoms with van der Waals surface area (Å²) < 4.78 is 5.04. The zero-order chi connectivity index (χ0) is 19.5. The fourth-order valence-corrected chi connectivity index (χ4v) is 3.19. The summed E-state index contributed by atoms with van der Waals surface area (Å²) in [6, 6.07) is 11.3. The minimum absolute atomic E-state index is 0.110. The van der Waals surface area contributed by atoms with Gasteiger partial charge in [0.25, 0.3) is 0 Å². The van der Waals surface area contributed by atoms with Crippen LogP contribution in [0.2, 0.25) is 0 Å². The number of aryl methyl sites for hydroxylation is 2. The van der Waals surface area contributed by atoms with Crippen molar-refractivity contribution in [3.05, 3.63) is 77.4 Å². The molecular weight excluding hydrogens is 356 g/mol. The van der Waals surface area contributed by atoms with Gasteiger partial charge in [0, 0.05) is 45.1 Å². The summed E-state index contributed by atoms with van der Waals surface area (Å²) in [5, 5.41) is 2.90. The van der Waals surface area contributed by atoms with Crippen molar-refractivity contribution in [2.45, 2.75) is 19.5 Å². The first-order valence-electron chi connectivity index (χ1n) is 8.98. The Labute approximate surface area is 161 Å². The average Bonchev–Trinajstić information content (AvgIpc) is 3.34. The maximum absolute atomic E-state index is 12.4. The lowest BCUT2D eigenvalue weighted by molar-refractivity contribution is -0.121. The van der Waals surface area contributed by atoms with E-state index in [9.17, 15) is 9.59 Å². The molecule has 1 amide bonds. The number of carbonyl (C=O) groups excluding carboxylic acids is 1. The van der Waals surface area contributed by atoms with Crippen LogP contribution in [0.15, 0.2) is 66.1 Å². The smallest absolute Gasteiger partial charge is 0.328 e. The van der Waals surface area contributed by atoms with Gasteiger partial charge in [-0.2, -0.15) is 0 Å². The summed E-state index contributed by atoms with van der Waals surface area (Å²) in [7, 11) is 1.74. The van der Waals surface area contributed by atoms with Crippen molar-refractivity contribution in [3.8, 4) is 5.82 Å². The fraction of sp³-hybridized carbons (Fsp3) is 0.200. The van der Waals surface area contributed by atoms with E-state index in [4.69, 9.17) is 0 Å². The first-order valence-corrected chi connectivity index (χ1v) is 8.98. The molecule has 1 N–H and O–H groups in total. The minimum Gasteiger partial charge on any atom is -0.352 e. The van der Waals surface area contributed by atoms with Gasteiger partial charge >= 0.3 is 5.69 Å². The van der Waals surface area contributed by atoms with Crippen LogP contribution in [0.3, 0.4) is 0 Å². The van der Waals surface area contributed by atoms with Crippen LogP contribution in [0.1, 0.15) is 12.0 Å². The number of fused-ring (bicyclic) bond motifs is 1. The Bertz CT molecular complexity index is 1170. The molecule has 0 saturated heterocycles. The lowest BCUT2D eigenvalue weighted by Gasteiger charge is -2.08. The molecule has 0 bridgehead atoms. The summed E-state index contributed by atoms with van der Waals surface area (Å²) in [5.74, 6) is 0.632. The summed E-state index contributed by atoms with van der Waals surface area (Å²) in [4.78, 5) is 33.0. The third-order valence-electron chi connectivity index (χ3n) is 4.68. The van der Waals surface area contributed by atoms with E-state index in [0.29, 0.717) is 13.1 Å². The van der Waals surface area contributed by atoms with E-state index in [0.717, 1.165) is 22.4 Å². The Morgan fingerprint density at radius 2 is 1.96 bits per heavy atom. The highest BCUT2D eigenvalue weighted by atomic mass is 16.2. The zero-order valence-electron chi connectivity index (χ0n) is 15.4. The predicted octanol–water partition coefficient (Wildman–Crippen LogP) is 1.63.